The first kappa shape index (κ1) is 14.2. The third kappa shape index (κ3) is 2.72. The van der Waals surface area contributed by atoms with Gasteiger partial charge in [-0.15, -0.1) is 0 Å². The van der Waals surface area contributed by atoms with E-state index >= 15 is 0 Å². The molecule has 0 aliphatic rings. The molecule has 2 rings (SSSR count). The first-order valence-corrected chi connectivity index (χ1v) is 7.10. The molecule has 0 saturated heterocycles. The molecule has 102 valence electrons. The van der Waals surface area contributed by atoms with Crippen LogP contribution in [0.5, 0.6) is 0 Å². The van der Waals surface area contributed by atoms with Gasteiger partial charge < -0.3 is 10.3 Å². The molecule has 1 heterocycles. The van der Waals surface area contributed by atoms with Crippen molar-refractivity contribution >= 4 is 15.9 Å². The first-order chi connectivity index (χ1) is 9.00. The van der Waals surface area contributed by atoms with Crippen molar-refractivity contribution in [1.82, 2.24) is 10.1 Å². The van der Waals surface area contributed by atoms with Gasteiger partial charge in [0.1, 0.15) is 0 Å². The minimum absolute atomic E-state index is 0.255. The van der Waals surface area contributed by atoms with Crippen LogP contribution >= 0.6 is 15.9 Å². The topological polar surface area (TPSA) is 64.9 Å². The molecule has 1 unspecified atom stereocenters. The van der Waals surface area contributed by atoms with E-state index < -0.39 is 0 Å². The summed E-state index contributed by atoms with van der Waals surface area (Å²) in [6.07, 6.45) is 0.866. The highest BCUT2D eigenvalue weighted by Crippen LogP contribution is 2.29. The Morgan fingerprint density at radius 2 is 2.16 bits per heavy atom. The Bertz CT molecular complexity index is 576. The Morgan fingerprint density at radius 3 is 2.74 bits per heavy atom. The number of aryl methyl sites for hydroxylation is 1. The van der Waals surface area contributed by atoms with E-state index in [4.69, 9.17) is 10.3 Å². The van der Waals surface area contributed by atoms with Crippen LogP contribution in [0.25, 0.3) is 11.4 Å². The molecular weight excluding hydrogens is 306 g/mol. The molecule has 0 fully saturated rings. The molecule has 0 radical (unpaired) electrons. The van der Waals surface area contributed by atoms with E-state index in [0.29, 0.717) is 18.3 Å². The van der Waals surface area contributed by atoms with Gasteiger partial charge >= 0.3 is 0 Å². The first-order valence-electron chi connectivity index (χ1n) is 6.31. The molecule has 2 N–H and O–H groups in total. The van der Waals surface area contributed by atoms with Gasteiger partial charge in [-0.1, -0.05) is 28.0 Å². The van der Waals surface area contributed by atoms with Crippen LogP contribution in [0.1, 0.15) is 31.7 Å². The number of halogens is 1. The van der Waals surface area contributed by atoms with Crippen molar-refractivity contribution in [2.24, 2.45) is 5.73 Å². The van der Waals surface area contributed by atoms with Crippen molar-refractivity contribution in [2.75, 3.05) is 6.54 Å². The predicted octanol–water partition coefficient (Wildman–Crippen LogP) is 3.43. The number of hydrogen-bond donors (Lipinski definition) is 1. The fourth-order valence-electron chi connectivity index (χ4n) is 1.84. The zero-order chi connectivity index (χ0) is 14.0. The largest absolute Gasteiger partial charge is 0.338 e. The van der Waals surface area contributed by atoms with Gasteiger partial charge in [-0.25, -0.2) is 0 Å². The van der Waals surface area contributed by atoms with E-state index in [-0.39, 0.29) is 5.41 Å². The van der Waals surface area contributed by atoms with Gasteiger partial charge in [0, 0.05) is 16.6 Å². The predicted molar refractivity (Wildman–Crippen MR) is 78.9 cm³/mol. The fraction of sp³-hybridized carbons (Fsp3) is 0.429. The molecule has 4 nitrogen and oxygen atoms in total. The van der Waals surface area contributed by atoms with E-state index in [0.717, 1.165) is 22.0 Å². The van der Waals surface area contributed by atoms with E-state index in [9.17, 15) is 0 Å². The highest BCUT2D eigenvalue weighted by atomic mass is 79.9. The number of nitrogens with two attached hydrogens (primary N) is 1. The lowest BCUT2D eigenvalue weighted by Gasteiger charge is -2.20. The molecule has 0 aliphatic carbocycles. The van der Waals surface area contributed by atoms with Crippen molar-refractivity contribution in [2.45, 2.75) is 32.6 Å². The maximum Gasteiger partial charge on any atom is 0.234 e. The zero-order valence-corrected chi connectivity index (χ0v) is 13.0. The van der Waals surface area contributed by atoms with Crippen molar-refractivity contribution in [3.8, 4) is 11.4 Å². The molecule has 5 heteroatoms. The Kier molecular flexibility index (Phi) is 4.06. The van der Waals surface area contributed by atoms with Gasteiger partial charge in [0.05, 0.1) is 5.41 Å². The second kappa shape index (κ2) is 5.43. The summed E-state index contributed by atoms with van der Waals surface area (Å²) in [5.41, 5.74) is 7.64. The molecule has 19 heavy (non-hydrogen) atoms. The SMILES string of the molecule is CCC(C)(CN)c1nc(-c2ccc(Br)cc2C)no1. The number of aromatic nitrogens is 2. The van der Waals surface area contributed by atoms with Gasteiger partial charge in [-0.2, -0.15) is 4.98 Å². The summed E-state index contributed by atoms with van der Waals surface area (Å²) in [6.45, 7) is 6.63. The molecule has 1 atom stereocenters. The molecule has 1 aromatic heterocycles. The quantitative estimate of drug-likeness (QED) is 0.936. The number of benzene rings is 1. The van der Waals surface area contributed by atoms with Crippen LogP contribution < -0.4 is 5.73 Å². The smallest absolute Gasteiger partial charge is 0.234 e. The van der Waals surface area contributed by atoms with Crippen molar-refractivity contribution in [3.05, 3.63) is 34.1 Å². The van der Waals surface area contributed by atoms with Crippen LogP contribution in [0.3, 0.4) is 0 Å². The van der Waals surface area contributed by atoms with E-state index in [2.05, 4.69) is 33.0 Å². The second-order valence-corrected chi connectivity index (χ2v) is 5.92. The van der Waals surface area contributed by atoms with Crippen LogP contribution in [0.15, 0.2) is 27.2 Å². The minimum atomic E-state index is -0.255. The van der Waals surface area contributed by atoms with Crippen LogP contribution in [-0.2, 0) is 5.41 Å². The van der Waals surface area contributed by atoms with Gasteiger partial charge in [-0.3, -0.25) is 0 Å². The van der Waals surface area contributed by atoms with Crippen molar-refractivity contribution in [1.29, 1.82) is 0 Å². The maximum atomic E-state index is 5.81. The normalized spacial score (nSPS) is 14.4. The standard InChI is InChI=1S/C14H18BrN3O/c1-4-14(3,8-16)13-17-12(18-19-13)11-6-5-10(15)7-9(11)2/h5-7H,4,8,16H2,1-3H3. The lowest BCUT2D eigenvalue weighted by molar-refractivity contribution is 0.291. The summed E-state index contributed by atoms with van der Waals surface area (Å²) in [5, 5.41) is 4.08. The Morgan fingerprint density at radius 1 is 1.42 bits per heavy atom. The molecule has 0 amide bonds. The van der Waals surface area contributed by atoms with E-state index in [1.54, 1.807) is 0 Å². The van der Waals surface area contributed by atoms with Crippen LogP contribution in [0.2, 0.25) is 0 Å². The second-order valence-electron chi connectivity index (χ2n) is 5.00. The Labute approximate surface area is 121 Å². The molecule has 0 saturated carbocycles. The van der Waals surface area contributed by atoms with Crippen molar-refractivity contribution in [3.63, 3.8) is 0 Å². The van der Waals surface area contributed by atoms with Gasteiger partial charge in [-0.05, 0) is 44.0 Å². The highest BCUT2D eigenvalue weighted by molar-refractivity contribution is 9.10. The summed E-state index contributed by atoms with van der Waals surface area (Å²) >= 11 is 3.45. The average molecular weight is 324 g/mol. The maximum absolute atomic E-state index is 5.81. The third-order valence-electron chi connectivity index (χ3n) is 3.60. The monoisotopic (exact) mass is 323 g/mol. The van der Waals surface area contributed by atoms with Gasteiger partial charge in [0.25, 0.3) is 0 Å². The summed E-state index contributed by atoms with van der Waals surface area (Å²) in [7, 11) is 0. The highest BCUT2D eigenvalue weighted by Gasteiger charge is 2.30. The zero-order valence-electron chi connectivity index (χ0n) is 11.4. The number of rotatable bonds is 4. The summed E-state index contributed by atoms with van der Waals surface area (Å²) in [4.78, 5) is 4.51. The van der Waals surface area contributed by atoms with Crippen LogP contribution in [-0.4, -0.2) is 16.7 Å². The minimum Gasteiger partial charge on any atom is -0.338 e. The lowest BCUT2D eigenvalue weighted by atomic mass is 9.88. The van der Waals surface area contributed by atoms with E-state index in [1.165, 1.54) is 0 Å². The molecule has 0 spiro atoms. The van der Waals surface area contributed by atoms with Crippen LogP contribution in [0.4, 0.5) is 0 Å². The Balaban J connectivity index is 2.41. The summed E-state index contributed by atoms with van der Waals surface area (Å²) < 4.78 is 6.44. The molecule has 1 aromatic carbocycles. The molecule has 2 aromatic rings. The lowest BCUT2D eigenvalue weighted by Crippen LogP contribution is -2.31. The molecule has 0 aliphatic heterocycles. The van der Waals surface area contributed by atoms with Crippen molar-refractivity contribution < 1.29 is 4.52 Å². The summed E-state index contributed by atoms with van der Waals surface area (Å²) in [5.74, 6) is 1.22. The number of nitrogens with zero attached hydrogens (tertiary/aromatic N) is 2. The Hall–Kier alpha value is -1.20. The number of hydrogen-bond acceptors (Lipinski definition) is 4. The molecular formula is C14H18BrN3O. The molecule has 0 bridgehead atoms. The fourth-order valence-corrected chi connectivity index (χ4v) is 2.31. The third-order valence-corrected chi connectivity index (χ3v) is 4.10. The average Bonchev–Trinajstić information content (AvgIpc) is 2.88. The van der Waals surface area contributed by atoms with Gasteiger partial charge in [0.15, 0.2) is 0 Å². The summed E-state index contributed by atoms with van der Waals surface area (Å²) in [6, 6.07) is 5.99. The van der Waals surface area contributed by atoms with Crippen LogP contribution in [0, 0.1) is 6.92 Å². The van der Waals surface area contributed by atoms with E-state index in [1.807, 2.05) is 32.0 Å². The van der Waals surface area contributed by atoms with Gasteiger partial charge in [0.2, 0.25) is 11.7 Å².